The summed E-state index contributed by atoms with van der Waals surface area (Å²) in [5, 5.41) is 5.30. The maximum absolute atomic E-state index is 12.7. The number of nitrogens with one attached hydrogen (secondary N) is 1. The number of hydrogen-bond donors (Lipinski definition) is 1. The van der Waals surface area contributed by atoms with Crippen LogP contribution in [0.1, 0.15) is 6.92 Å². The van der Waals surface area contributed by atoms with E-state index in [-0.39, 0.29) is 11.2 Å². The molecule has 0 saturated carbocycles. The summed E-state index contributed by atoms with van der Waals surface area (Å²) >= 11 is 7.38. The van der Waals surface area contributed by atoms with E-state index in [1.165, 1.54) is 11.8 Å². The lowest BCUT2D eigenvalue weighted by Gasteiger charge is -2.14. The van der Waals surface area contributed by atoms with Crippen LogP contribution in [-0.4, -0.2) is 18.3 Å². The first-order chi connectivity index (χ1) is 13.5. The molecular formula is C22H18ClNO3S. The molecule has 4 aromatic rings. The SMILES string of the molecule is COc1cc2c(cc1NC(=O)C(C)Sc1ccc(Cl)cc1)oc1ccccc12. The van der Waals surface area contributed by atoms with Crippen molar-refractivity contribution in [2.75, 3.05) is 12.4 Å². The Labute approximate surface area is 171 Å². The largest absolute Gasteiger partial charge is 0.495 e. The van der Waals surface area contributed by atoms with E-state index in [0.717, 1.165) is 21.3 Å². The van der Waals surface area contributed by atoms with E-state index in [4.69, 9.17) is 20.8 Å². The van der Waals surface area contributed by atoms with Crippen LogP contribution in [-0.2, 0) is 4.79 Å². The third-order valence-electron chi connectivity index (χ3n) is 4.45. The highest BCUT2D eigenvalue weighted by molar-refractivity contribution is 8.00. The summed E-state index contributed by atoms with van der Waals surface area (Å²) < 4.78 is 11.4. The van der Waals surface area contributed by atoms with Crippen molar-refractivity contribution < 1.29 is 13.9 Å². The molecule has 4 nitrogen and oxygen atoms in total. The number of thioether (sulfide) groups is 1. The topological polar surface area (TPSA) is 51.5 Å². The van der Waals surface area contributed by atoms with Crippen LogP contribution in [0.4, 0.5) is 5.69 Å². The zero-order valence-corrected chi connectivity index (χ0v) is 16.9. The van der Waals surface area contributed by atoms with Gasteiger partial charge in [0.15, 0.2) is 0 Å². The van der Waals surface area contributed by atoms with Crippen molar-refractivity contribution in [2.45, 2.75) is 17.1 Å². The summed E-state index contributed by atoms with van der Waals surface area (Å²) in [6.45, 7) is 1.86. The Bertz CT molecular complexity index is 1150. The van der Waals surface area contributed by atoms with Crippen molar-refractivity contribution in [2.24, 2.45) is 0 Å². The predicted molar refractivity (Wildman–Crippen MR) is 116 cm³/mol. The molecular weight excluding hydrogens is 394 g/mol. The third kappa shape index (κ3) is 3.68. The lowest BCUT2D eigenvalue weighted by Crippen LogP contribution is -2.22. The van der Waals surface area contributed by atoms with E-state index >= 15 is 0 Å². The molecule has 6 heteroatoms. The van der Waals surface area contributed by atoms with Gasteiger partial charge in [-0.15, -0.1) is 11.8 Å². The van der Waals surface area contributed by atoms with E-state index in [9.17, 15) is 4.79 Å². The molecule has 4 rings (SSSR count). The monoisotopic (exact) mass is 411 g/mol. The van der Waals surface area contributed by atoms with E-state index < -0.39 is 0 Å². The van der Waals surface area contributed by atoms with Gasteiger partial charge in [0, 0.05) is 26.8 Å². The zero-order valence-electron chi connectivity index (χ0n) is 15.4. The molecule has 1 atom stereocenters. The van der Waals surface area contributed by atoms with Gasteiger partial charge in [0.05, 0.1) is 18.0 Å². The number of para-hydroxylation sites is 1. The molecule has 1 unspecified atom stereocenters. The second-order valence-electron chi connectivity index (χ2n) is 6.35. The van der Waals surface area contributed by atoms with Crippen LogP contribution in [0.5, 0.6) is 5.75 Å². The number of carbonyl (C=O) groups is 1. The van der Waals surface area contributed by atoms with Gasteiger partial charge < -0.3 is 14.5 Å². The van der Waals surface area contributed by atoms with E-state index in [1.54, 1.807) is 7.11 Å². The standard InChI is InChI=1S/C22H18ClNO3S/c1-13(28-15-9-7-14(23)8-10-15)22(25)24-18-12-20-17(11-21(18)26-2)16-5-3-4-6-19(16)27-20/h3-13H,1-2H3,(H,24,25). The van der Waals surface area contributed by atoms with E-state index in [0.29, 0.717) is 22.0 Å². The molecule has 1 amide bonds. The predicted octanol–water partition coefficient (Wildman–Crippen LogP) is 6.37. The van der Waals surface area contributed by atoms with Crippen molar-refractivity contribution in [1.29, 1.82) is 0 Å². The Morgan fingerprint density at radius 1 is 1.07 bits per heavy atom. The Kier molecular flexibility index (Phi) is 5.20. The highest BCUT2D eigenvalue weighted by atomic mass is 35.5. The molecule has 0 fully saturated rings. The van der Waals surface area contributed by atoms with E-state index in [2.05, 4.69) is 5.32 Å². The molecule has 0 bridgehead atoms. The smallest absolute Gasteiger partial charge is 0.237 e. The first-order valence-corrected chi connectivity index (χ1v) is 10.0. The molecule has 1 N–H and O–H groups in total. The molecule has 0 aliphatic carbocycles. The minimum Gasteiger partial charge on any atom is -0.495 e. The summed E-state index contributed by atoms with van der Waals surface area (Å²) in [6, 6.07) is 19.0. The van der Waals surface area contributed by atoms with Gasteiger partial charge in [-0.1, -0.05) is 29.8 Å². The molecule has 0 aliphatic rings. The van der Waals surface area contributed by atoms with Gasteiger partial charge in [0.2, 0.25) is 5.91 Å². The molecule has 3 aromatic carbocycles. The Morgan fingerprint density at radius 3 is 2.57 bits per heavy atom. The van der Waals surface area contributed by atoms with Gasteiger partial charge in [0.25, 0.3) is 0 Å². The molecule has 142 valence electrons. The van der Waals surface area contributed by atoms with Crippen molar-refractivity contribution in [3.05, 3.63) is 65.7 Å². The van der Waals surface area contributed by atoms with Crippen LogP contribution in [0.25, 0.3) is 21.9 Å². The van der Waals surface area contributed by atoms with E-state index in [1.807, 2.05) is 67.6 Å². The average Bonchev–Trinajstić information content (AvgIpc) is 3.06. The minimum absolute atomic E-state index is 0.117. The van der Waals surface area contributed by atoms with Crippen LogP contribution >= 0.6 is 23.4 Å². The van der Waals surface area contributed by atoms with Crippen LogP contribution in [0.15, 0.2) is 70.0 Å². The van der Waals surface area contributed by atoms with Gasteiger partial charge in [0.1, 0.15) is 16.9 Å². The Hall–Kier alpha value is -2.63. The molecule has 0 aliphatic heterocycles. The summed E-state index contributed by atoms with van der Waals surface area (Å²) in [7, 11) is 1.59. The Balaban J connectivity index is 1.59. The number of carbonyl (C=O) groups excluding carboxylic acids is 1. The second kappa shape index (κ2) is 7.78. The number of anilines is 1. The first-order valence-electron chi connectivity index (χ1n) is 8.77. The van der Waals surface area contributed by atoms with Crippen molar-refractivity contribution in [1.82, 2.24) is 0 Å². The molecule has 0 spiro atoms. The van der Waals surface area contributed by atoms with Crippen molar-refractivity contribution in [3.63, 3.8) is 0 Å². The summed E-state index contributed by atoms with van der Waals surface area (Å²) in [5.41, 5.74) is 2.09. The fraction of sp³-hybridized carbons (Fsp3) is 0.136. The lowest BCUT2D eigenvalue weighted by molar-refractivity contribution is -0.115. The highest BCUT2D eigenvalue weighted by Crippen LogP contribution is 2.36. The summed E-state index contributed by atoms with van der Waals surface area (Å²) in [6.07, 6.45) is 0. The van der Waals surface area contributed by atoms with Crippen molar-refractivity contribution >= 4 is 56.9 Å². The highest BCUT2D eigenvalue weighted by Gasteiger charge is 2.18. The van der Waals surface area contributed by atoms with Gasteiger partial charge in [-0.05, 0) is 43.3 Å². The zero-order chi connectivity index (χ0) is 19.7. The summed E-state index contributed by atoms with van der Waals surface area (Å²) in [5.74, 6) is 0.477. The number of amides is 1. The lowest BCUT2D eigenvalue weighted by atomic mass is 10.1. The molecule has 1 heterocycles. The van der Waals surface area contributed by atoms with Gasteiger partial charge in [-0.3, -0.25) is 4.79 Å². The molecule has 0 radical (unpaired) electrons. The maximum Gasteiger partial charge on any atom is 0.237 e. The number of rotatable bonds is 5. The van der Waals surface area contributed by atoms with Crippen LogP contribution in [0.2, 0.25) is 5.02 Å². The number of benzene rings is 3. The Morgan fingerprint density at radius 2 is 1.82 bits per heavy atom. The normalized spacial score (nSPS) is 12.2. The third-order valence-corrected chi connectivity index (χ3v) is 5.82. The summed E-state index contributed by atoms with van der Waals surface area (Å²) in [4.78, 5) is 13.7. The van der Waals surface area contributed by atoms with Crippen LogP contribution in [0.3, 0.4) is 0 Å². The molecule has 1 aromatic heterocycles. The fourth-order valence-corrected chi connectivity index (χ4v) is 4.02. The fourth-order valence-electron chi connectivity index (χ4n) is 3.02. The number of methoxy groups -OCH3 is 1. The molecule has 28 heavy (non-hydrogen) atoms. The quantitative estimate of drug-likeness (QED) is 0.388. The number of furan rings is 1. The first kappa shape index (κ1) is 18.7. The number of hydrogen-bond acceptors (Lipinski definition) is 4. The number of halogens is 1. The second-order valence-corrected chi connectivity index (χ2v) is 8.20. The molecule has 0 saturated heterocycles. The maximum atomic E-state index is 12.7. The van der Waals surface area contributed by atoms with Gasteiger partial charge in [-0.2, -0.15) is 0 Å². The number of fused-ring (bicyclic) bond motifs is 3. The number of ether oxygens (including phenoxy) is 1. The van der Waals surface area contributed by atoms with Crippen LogP contribution < -0.4 is 10.1 Å². The van der Waals surface area contributed by atoms with Crippen molar-refractivity contribution in [3.8, 4) is 5.75 Å². The minimum atomic E-state index is -0.294. The van der Waals surface area contributed by atoms with Gasteiger partial charge in [-0.25, -0.2) is 0 Å². The van der Waals surface area contributed by atoms with Gasteiger partial charge >= 0.3 is 0 Å². The van der Waals surface area contributed by atoms with Crippen LogP contribution in [0, 0.1) is 0 Å². The average molecular weight is 412 g/mol.